The van der Waals surface area contributed by atoms with E-state index in [1.54, 1.807) is 60.7 Å². The smallest absolute Gasteiger partial charge is 0.291 e. The first-order valence-electron chi connectivity index (χ1n) is 7.25. The molecule has 0 saturated carbocycles. The highest BCUT2D eigenvalue weighted by Crippen LogP contribution is 2.19. The lowest BCUT2D eigenvalue weighted by molar-refractivity contribution is 0.0994. The van der Waals surface area contributed by atoms with Crippen LogP contribution in [0.2, 0.25) is 5.02 Å². The van der Waals surface area contributed by atoms with Crippen LogP contribution in [-0.2, 0) is 0 Å². The molecule has 2 amide bonds. The minimum absolute atomic E-state index is 0.181. The van der Waals surface area contributed by atoms with Crippen molar-refractivity contribution in [1.82, 2.24) is 0 Å². The van der Waals surface area contributed by atoms with Gasteiger partial charge in [0.25, 0.3) is 11.8 Å². The summed E-state index contributed by atoms with van der Waals surface area (Å²) < 4.78 is 5.68. The maximum Gasteiger partial charge on any atom is 0.291 e. The van der Waals surface area contributed by atoms with Gasteiger partial charge in [-0.3, -0.25) is 9.59 Å². The predicted octanol–water partition coefficient (Wildman–Crippen LogP) is 5.20. The molecular weight excluding hydrogens is 408 g/mol. The van der Waals surface area contributed by atoms with Crippen molar-refractivity contribution in [3.63, 3.8) is 0 Å². The minimum Gasteiger partial charge on any atom is -0.444 e. The number of benzene rings is 2. The summed E-state index contributed by atoms with van der Waals surface area (Å²) in [6.45, 7) is 0. The number of halogens is 2. The monoisotopic (exact) mass is 418 g/mol. The van der Waals surface area contributed by atoms with Crippen LogP contribution in [0.1, 0.15) is 20.9 Å². The zero-order valence-electron chi connectivity index (χ0n) is 12.8. The Hall–Kier alpha value is -2.57. The lowest BCUT2D eigenvalue weighted by atomic mass is 10.2. The van der Waals surface area contributed by atoms with Gasteiger partial charge in [-0.05, 0) is 64.5 Å². The van der Waals surface area contributed by atoms with Crippen LogP contribution in [0.4, 0.5) is 11.4 Å². The quantitative estimate of drug-likeness (QED) is 0.610. The van der Waals surface area contributed by atoms with Crippen molar-refractivity contribution in [2.24, 2.45) is 0 Å². The highest BCUT2D eigenvalue weighted by atomic mass is 79.9. The van der Waals surface area contributed by atoms with Gasteiger partial charge >= 0.3 is 0 Å². The second-order valence-electron chi connectivity index (χ2n) is 5.10. The van der Waals surface area contributed by atoms with Crippen LogP contribution in [0.15, 0.2) is 69.8 Å². The lowest BCUT2D eigenvalue weighted by Gasteiger charge is -2.08. The van der Waals surface area contributed by atoms with E-state index in [0.717, 1.165) is 0 Å². The standard InChI is InChI=1S/C18H12BrClN2O3/c19-16-8-7-15(25-16)18(24)22-14-6-2-5-13(10-14)21-17(23)11-3-1-4-12(20)9-11/h1-10H,(H,21,23)(H,22,24). The van der Waals surface area contributed by atoms with E-state index in [2.05, 4.69) is 26.6 Å². The van der Waals surface area contributed by atoms with Crippen molar-refractivity contribution in [2.75, 3.05) is 10.6 Å². The van der Waals surface area contributed by atoms with E-state index in [1.807, 2.05) is 0 Å². The molecule has 0 aliphatic rings. The normalized spacial score (nSPS) is 10.3. The topological polar surface area (TPSA) is 71.3 Å². The third kappa shape index (κ3) is 4.49. The Labute approximate surface area is 157 Å². The summed E-state index contributed by atoms with van der Waals surface area (Å²) >= 11 is 9.04. The molecule has 0 aliphatic carbocycles. The molecule has 0 unspecified atom stereocenters. The maximum absolute atomic E-state index is 12.2. The van der Waals surface area contributed by atoms with Crippen molar-refractivity contribution < 1.29 is 14.0 Å². The molecular formula is C18H12BrClN2O3. The molecule has 126 valence electrons. The fourth-order valence-corrected chi connectivity index (χ4v) is 2.63. The van der Waals surface area contributed by atoms with Gasteiger partial charge in [0.05, 0.1) is 0 Å². The fraction of sp³-hybridized carbons (Fsp3) is 0. The Morgan fingerprint density at radius 1 is 0.880 bits per heavy atom. The van der Waals surface area contributed by atoms with Crippen molar-refractivity contribution >= 4 is 50.7 Å². The molecule has 1 aromatic heterocycles. The summed E-state index contributed by atoms with van der Waals surface area (Å²) in [5.74, 6) is -0.495. The lowest BCUT2D eigenvalue weighted by Crippen LogP contribution is -2.13. The van der Waals surface area contributed by atoms with Gasteiger partial charge < -0.3 is 15.1 Å². The summed E-state index contributed by atoms with van der Waals surface area (Å²) in [7, 11) is 0. The van der Waals surface area contributed by atoms with E-state index in [-0.39, 0.29) is 17.6 Å². The predicted molar refractivity (Wildman–Crippen MR) is 100 cm³/mol. The van der Waals surface area contributed by atoms with E-state index < -0.39 is 0 Å². The average molecular weight is 420 g/mol. The Bertz CT molecular complexity index is 939. The maximum atomic E-state index is 12.2. The van der Waals surface area contributed by atoms with E-state index in [9.17, 15) is 9.59 Å². The van der Waals surface area contributed by atoms with Gasteiger partial charge in [-0.1, -0.05) is 23.7 Å². The van der Waals surface area contributed by atoms with Crippen LogP contribution in [0.5, 0.6) is 0 Å². The first-order valence-corrected chi connectivity index (χ1v) is 8.42. The first kappa shape index (κ1) is 17.3. The van der Waals surface area contributed by atoms with Crippen LogP contribution >= 0.6 is 27.5 Å². The molecule has 1 heterocycles. The summed E-state index contributed by atoms with van der Waals surface area (Å²) in [6.07, 6.45) is 0. The summed E-state index contributed by atoms with van der Waals surface area (Å²) in [5, 5.41) is 5.96. The van der Waals surface area contributed by atoms with Crippen LogP contribution < -0.4 is 10.6 Å². The average Bonchev–Trinajstić information content (AvgIpc) is 3.02. The number of nitrogens with one attached hydrogen (secondary N) is 2. The fourth-order valence-electron chi connectivity index (χ4n) is 2.14. The van der Waals surface area contributed by atoms with Crippen molar-refractivity contribution in [1.29, 1.82) is 0 Å². The molecule has 7 heteroatoms. The number of amides is 2. The second kappa shape index (κ2) is 7.55. The molecule has 3 rings (SSSR count). The molecule has 0 aliphatic heterocycles. The second-order valence-corrected chi connectivity index (χ2v) is 6.32. The zero-order valence-corrected chi connectivity index (χ0v) is 15.1. The highest BCUT2D eigenvalue weighted by molar-refractivity contribution is 9.10. The van der Waals surface area contributed by atoms with Crippen LogP contribution in [-0.4, -0.2) is 11.8 Å². The number of hydrogen-bond donors (Lipinski definition) is 2. The van der Waals surface area contributed by atoms with E-state index >= 15 is 0 Å². The van der Waals surface area contributed by atoms with Gasteiger partial charge in [-0.25, -0.2) is 0 Å². The number of anilines is 2. The Kier molecular flexibility index (Phi) is 5.21. The van der Waals surface area contributed by atoms with E-state index in [4.69, 9.17) is 16.0 Å². The molecule has 0 saturated heterocycles. The molecule has 3 aromatic rings. The van der Waals surface area contributed by atoms with Gasteiger partial charge in [0.15, 0.2) is 10.4 Å². The Balaban J connectivity index is 1.71. The summed E-state index contributed by atoms with van der Waals surface area (Å²) in [5.41, 5.74) is 1.52. The number of hydrogen-bond acceptors (Lipinski definition) is 3. The van der Waals surface area contributed by atoms with Gasteiger partial charge in [-0.15, -0.1) is 0 Å². The summed E-state index contributed by atoms with van der Waals surface area (Å²) in [4.78, 5) is 24.3. The van der Waals surface area contributed by atoms with Gasteiger partial charge in [0.2, 0.25) is 0 Å². The Morgan fingerprint density at radius 3 is 2.20 bits per heavy atom. The molecule has 0 spiro atoms. The van der Waals surface area contributed by atoms with E-state index in [0.29, 0.717) is 26.6 Å². The molecule has 0 fully saturated rings. The Morgan fingerprint density at radius 2 is 1.56 bits per heavy atom. The number of rotatable bonds is 4. The molecule has 25 heavy (non-hydrogen) atoms. The largest absolute Gasteiger partial charge is 0.444 e. The summed E-state index contributed by atoms with van der Waals surface area (Å²) in [6, 6.07) is 16.7. The van der Waals surface area contributed by atoms with Crippen LogP contribution in [0.25, 0.3) is 0 Å². The number of furan rings is 1. The minimum atomic E-state index is -0.385. The molecule has 2 N–H and O–H groups in total. The van der Waals surface area contributed by atoms with Crippen LogP contribution in [0, 0.1) is 0 Å². The number of carbonyl (C=O) groups is 2. The number of carbonyl (C=O) groups excluding carboxylic acids is 2. The van der Waals surface area contributed by atoms with Gasteiger partial charge in [0, 0.05) is 22.0 Å². The third-order valence-corrected chi connectivity index (χ3v) is 3.92. The first-order chi connectivity index (χ1) is 12.0. The van der Waals surface area contributed by atoms with Crippen molar-refractivity contribution in [3.8, 4) is 0 Å². The van der Waals surface area contributed by atoms with Crippen LogP contribution in [0.3, 0.4) is 0 Å². The van der Waals surface area contributed by atoms with Crippen molar-refractivity contribution in [3.05, 3.63) is 81.7 Å². The van der Waals surface area contributed by atoms with E-state index in [1.165, 1.54) is 0 Å². The molecule has 2 aromatic carbocycles. The van der Waals surface area contributed by atoms with Gasteiger partial charge in [0.1, 0.15) is 0 Å². The van der Waals surface area contributed by atoms with Gasteiger partial charge in [-0.2, -0.15) is 0 Å². The molecule has 0 atom stereocenters. The SMILES string of the molecule is O=C(Nc1cccc(NC(=O)c2ccc(Br)o2)c1)c1cccc(Cl)c1. The highest BCUT2D eigenvalue weighted by Gasteiger charge is 2.11. The zero-order chi connectivity index (χ0) is 17.8. The molecule has 5 nitrogen and oxygen atoms in total. The molecule has 0 bridgehead atoms. The van der Waals surface area contributed by atoms with Crippen molar-refractivity contribution in [2.45, 2.75) is 0 Å². The molecule has 0 radical (unpaired) electrons. The third-order valence-electron chi connectivity index (χ3n) is 3.26.